The SMILES string of the molecule is O=C(CCN1CCOC1=O)Nc1ccc(F)c(Cl)c1. The number of hydrogen-bond donors (Lipinski definition) is 1. The molecule has 19 heavy (non-hydrogen) atoms. The van der Waals surface area contributed by atoms with Gasteiger partial charge in [0.2, 0.25) is 5.91 Å². The summed E-state index contributed by atoms with van der Waals surface area (Å²) >= 11 is 5.60. The largest absolute Gasteiger partial charge is 0.448 e. The van der Waals surface area contributed by atoms with E-state index in [4.69, 9.17) is 16.3 Å². The van der Waals surface area contributed by atoms with Crippen molar-refractivity contribution in [3.8, 4) is 0 Å². The molecule has 1 saturated heterocycles. The second-order valence-corrected chi connectivity index (χ2v) is 4.44. The maximum atomic E-state index is 12.9. The van der Waals surface area contributed by atoms with Crippen molar-refractivity contribution in [2.75, 3.05) is 25.0 Å². The molecule has 0 bridgehead atoms. The van der Waals surface area contributed by atoms with Gasteiger partial charge in [0.15, 0.2) is 0 Å². The Kier molecular flexibility index (Phi) is 4.21. The molecule has 1 aliphatic heterocycles. The molecule has 1 fully saturated rings. The number of nitrogens with zero attached hydrogens (tertiary/aromatic N) is 1. The first-order valence-electron chi connectivity index (χ1n) is 5.73. The molecule has 5 nitrogen and oxygen atoms in total. The topological polar surface area (TPSA) is 58.6 Å². The van der Waals surface area contributed by atoms with Gasteiger partial charge in [-0.25, -0.2) is 9.18 Å². The second-order valence-electron chi connectivity index (χ2n) is 4.03. The van der Waals surface area contributed by atoms with Crippen molar-refractivity contribution < 1.29 is 18.7 Å². The van der Waals surface area contributed by atoms with Gasteiger partial charge >= 0.3 is 6.09 Å². The lowest BCUT2D eigenvalue weighted by Crippen LogP contribution is -2.28. The zero-order valence-electron chi connectivity index (χ0n) is 9.99. The van der Waals surface area contributed by atoms with E-state index in [-0.39, 0.29) is 17.4 Å². The van der Waals surface area contributed by atoms with Gasteiger partial charge in [0.25, 0.3) is 0 Å². The fraction of sp³-hybridized carbons (Fsp3) is 0.333. The smallest absolute Gasteiger partial charge is 0.409 e. The molecule has 0 unspecified atom stereocenters. The standard InChI is InChI=1S/C12H12ClFN2O3/c13-9-7-8(1-2-10(9)14)15-11(17)3-4-16-5-6-19-12(16)18/h1-2,7H,3-6H2,(H,15,17). The van der Waals surface area contributed by atoms with E-state index in [1.807, 2.05) is 0 Å². The van der Waals surface area contributed by atoms with Crippen molar-refractivity contribution in [2.45, 2.75) is 6.42 Å². The first-order valence-corrected chi connectivity index (χ1v) is 6.10. The van der Waals surface area contributed by atoms with Crippen LogP contribution >= 0.6 is 11.6 Å². The van der Waals surface area contributed by atoms with Gasteiger partial charge < -0.3 is 15.0 Å². The first-order chi connectivity index (χ1) is 9.06. The maximum Gasteiger partial charge on any atom is 0.409 e. The van der Waals surface area contributed by atoms with E-state index in [1.54, 1.807) is 0 Å². The normalized spacial score (nSPS) is 14.4. The molecule has 0 spiro atoms. The minimum absolute atomic E-state index is 0.0547. The van der Waals surface area contributed by atoms with Crippen molar-refractivity contribution >= 4 is 29.3 Å². The lowest BCUT2D eigenvalue weighted by atomic mass is 10.3. The van der Waals surface area contributed by atoms with Crippen LogP contribution in [0, 0.1) is 5.82 Å². The first kappa shape index (κ1) is 13.6. The molecule has 0 aliphatic carbocycles. The number of halogens is 2. The van der Waals surface area contributed by atoms with Gasteiger partial charge in [-0.15, -0.1) is 0 Å². The maximum absolute atomic E-state index is 12.9. The summed E-state index contributed by atoms with van der Waals surface area (Å²) in [6, 6.07) is 3.93. The number of amides is 2. The minimum atomic E-state index is -0.542. The number of hydrogen-bond acceptors (Lipinski definition) is 3. The quantitative estimate of drug-likeness (QED) is 0.923. The van der Waals surface area contributed by atoms with E-state index >= 15 is 0 Å². The lowest BCUT2D eigenvalue weighted by Gasteiger charge is -2.12. The van der Waals surface area contributed by atoms with E-state index in [0.717, 1.165) is 0 Å². The highest BCUT2D eigenvalue weighted by Crippen LogP contribution is 2.19. The Balaban J connectivity index is 1.83. The molecule has 0 radical (unpaired) electrons. The van der Waals surface area contributed by atoms with Crippen LogP contribution in [0.25, 0.3) is 0 Å². The van der Waals surface area contributed by atoms with Crippen molar-refractivity contribution in [2.24, 2.45) is 0 Å². The summed E-state index contributed by atoms with van der Waals surface area (Å²) < 4.78 is 17.7. The predicted octanol–water partition coefficient (Wildman–Crippen LogP) is 2.26. The molecule has 0 saturated carbocycles. The third kappa shape index (κ3) is 3.57. The molecular weight excluding hydrogens is 275 g/mol. The average molecular weight is 287 g/mol. The van der Waals surface area contributed by atoms with Gasteiger partial charge in [0, 0.05) is 18.7 Å². The molecular formula is C12H12ClFN2O3. The summed E-state index contributed by atoms with van der Waals surface area (Å²) in [4.78, 5) is 24.2. The minimum Gasteiger partial charge on any atom is -0.448 e. The van der Waals surface area contributed by atoms with E-state index in [1.165, 1.54) is 23.1 Å². The second kappa shape index (κ2) is 5.88. The van der Waals surface area contributed by atoms with Crippen LogP contribution in [0.4, 0.5) is 14.9 Å². The third-order valence-corrected chi connectivity index (χ3v) is 2.95. The molecule has 7 heteroatoms. The van der Waals surface area contributed by atoms with Gasteiger partial charge in [-0.3, -0.25) is 4.79 Å². The van der Waals surface area contributed by atoms with Gasteiger partial charge in [-0.05, 0) is 18.2 Å². The third-order valence-electron chi connectivity index (χ3n) is 2.66. The summed E-state index contributed by atoms with van der Waals surface area (Å²) in [5.74, 6) is -0.818. The Morgan fingerprint density at radius 3 is 2.95 bits per heavy atom. The molecule has 1 N–H and O–H groups in total. The molecule has 2 rings (SSSR count). The fourth-order valence-electron chi connectivity index (χ4n) is 1.66. The molecule has 1 heterocycles. The number of benzene rings is 1. The van der Waals surface area contributed by atoms with Crippen LogP contribution < -0.4 is 5.32 Å². The van der Waals surface area contributed by atoms with E-state index in [0.29, 0.717) is 25.4 Å². The molecule has 102 valence electrons. The highest BCUT2D eigenvalue weighted by atomic mass is 35.5. The van der Waals surface area contributed by atoms with Gasteiger partial charge in [0.05, 0.1) is 11.6 Å². The number of carbonyl (C=O) groups is 2. The van der Waals surface area contributed by atoms with Crippen molar-refractivity contribution in [3.63, 3.8) is 0 Å². The van der Waals surface area contributed by atoms with Crippen LogP contribution in [0.5, 0.6) is 0 Å². The van der Waals surface area contributed by atoms with Crippen LogP contribution in [0.2, 0.25) is 5.02 Å². The number of rotatable bonds is 4. The van der Waals surface area contributed by atoms with Crippen LogP contribution in [-0.2, 0) is 9.53 Å². The number of ether oxygens (including phenoxy) is 1. The number of carbonyl (C=O) groups excluding carboxylic acids is 2. The predicted molar refractivity (Wildman–Crippen MR) is 67.6 cm³/mol. The Labute approximate surface area is 114 Å². The summed E-state index contributed by atoms with van der Waals surface area (Å²) in [7, 11) is 0. The summed E-state index contributed by atoms with van der Waals surface area (Å²) in [6.45, 7) is 1.14. The Morgan fingerprint density at radius 2 is 2.32 bits per heavy atom. The van der Waals surface area contributed by atoms with E-state index < -0.39 is 11.9 Å². The number of nitrogens with one attached hydrogen (secondary N) is 1. The highest BCUT2D eigenvalue weighted by Gasteiger charge is 2.22. The van der Waals surface area contributed by atoms with Crippen LogP contribution in [0.1, 0.15) is 6.42 Å². The van der Waals surface area contributed by atoms with Gasteiger partial charge in [-0.2, -0.15) is 0 Å². The van der Waals surface area contributed by atoms with Gasteiger partial charge in [-0.1, -0.05) is 11.6 Å². The van der Waals surface area contributed by atoms with Crippen LogP contribution in [0.15, 0.2) is 18.2 Å². The zero-order chi connectivity index (χ0) is 13.8. The molecule has 0 atom stereocenters. The van der Waals surface area contributed by atoms with E-state index in [2.05, 4.69) is 5.32 Å². The number of cyclic esters (lactones) is 1. The van der Waals surface area contributed by atoms with Crippen molar-refractivity contribution in [1.29, 1.82) is 0 Å². The molecule has 1 aliphatic rings. The molecule has 1 aromatic rings. The molecule has 2 amide bonds. The lowest BCUT2D eigenvalue weighted by molar-refractivity contribution is -0.116. The molecule has 1 aromatic carbocycles. The summed E-state index contributed by atoms with van der Waals surface area (Å²) in [5, 5.41) is 2.53. The van der Waals surface area contributed by atoms with E-state index in [9.17, 15) is 14.0 Å². The Morgan fingerprint density at radius 1 is 1.53 bits per heavy atom. The summed E-state index contributed by atoms with van der Waals surface area (Å²) in [5.41, 5.74) is 0.417. The van der Waals surface area contributed by atoms with Crippen LogP contribution in [0.3, 0.4) is 0 Å². The zero-order valence-corrected chi connectivity index (χ0v) is 10.7. The van der Waals surface area contributed by atoms with Gasteiger partial charge in [0.1, 0.15) is 12.4 Å². The highest BCUT2D eigenvalue weighted by molar-refractivity contribution is 6.31. The average Bonchev–Trinajstić information content (AvgIpc) is 2.77. The Bertz CT molecular complexity index is 510. The Hall–Kier alpha value is -1.82. The molecule has 0 aromatic heterocycles. The van der Waals surface area contributed by atoms with Crippen molar-refractivity contribution in [1.82, 2.24) is 4.90 Å². The fourth-order valence-corrected chi connectivity index (χ4v) is 1.84. The number of anilines is 1. The van der Waals surface area contributed by atoms with Crippen LogP contribution in [-0.4, -0.2) is 36.6 Å². The monoisotopic (exact) mass is 286 g/mol. The van der Waals surface area contributed by atoms with Crippen molar-refractivity contribution in [3.05, 3.63) is 29.0 Å². The summed E-state index contributed by atoms with van der Waals surface area (Å²) in [6.07, 6.45) is -0.262.